The van der Waals surface area contributed by atoms with Crippen LogP contribution in [0.5, 0.6) is 5.75 Å². The maximum atomic E-state index is 14.7. The van der Waals surface area contributed by atoms with Crippen molar-refractivity contribution in [3.05, 3.63) is 35.9 Å². The van der Waals surface area contributed by atoms with Crippen LogP contribution in [0.3, 0.4) is 0 Å². The molecule has 0 N–H and O–H groups in total. The molecule has 0 spiro atoms. The minimum Gasteiger partial charge on any atom is -0.493 e. The summed E-state index contributed by atoms with van der Waals surface area (Å²) < 4.78 is 63.1. The molecule has 2 aromatic rings. The van der Waals surface area contributed by atoms with E-state index in [1.807, 2.05) is 17.8 Å². The van der Waals surface area contributed by atoms with Crippen molar-refractivity contribution in [2.24, 2.45) is 13.0 Å². The van der Waals surface area contributed by atoms with Crippen LogP contribution in [-0.4, -0.2) is 53.9 Å². The number of aromatic nitrogens is 2. The Morgan fingerprint density at radius 3 is 2.93 bits per heavy atom. The number of halogens is 2. The number of benzene rings is 1. The lowest BCUT2D eigenvalue weighted by Gasteiger charge is -2.33. The highest BCUT2D eigenvalue weighted by molar-refractivity contribution is 7.99. The van der Waals surface area contributed by atoms with Crippen LogP contribution in [0.4, 0.5) is 8.78 Å². The molecule has 152 valence electrons. The van der Waals surface area contributed by atoms with Crippen molar-refractivity contribution in [3.63, 3.8) is 0 Å². The fourth-order valence-electron chi connectivity index (χ4n) is 3.52. The molecule has 1 saturated heterocycles. The van der Waals surface area contributed by atoms with E-state index in [1.54, 1.807) is 6.20 Å². The van der Waals surface area contributed by atoms with Crippen molar-refractivity contribution in [2.75, 3.05) is 25.4 Å². The number of hydrogen-bond donors (Lipinski definition) is 0. The fourth-order valence-corrected chi connectivity index (χ4v) is 6.22. The second-order valence-corrected chi connectivity index (χ2v) is 9.94. The van der Waals surface area contributed by atoms with Gasteiger partial charge in [0.25, 0.3) is 0 Å². The van der Waals surface area contributed by atoms with Gasteiger partial charge >= 0.3 is 0 Å². The van der Waals surface area contributed by atoms with Gasteiger partial charge in [0.15, 0.2) is 5.16 Å². The summed E-state index contributed by atoms with van der Waals surface area (Å²) in [6.07, 6.45) is 3.11. The Balaban J connectivity index is 1.45. The molecule has 3 heterocycles. The van der Waals surface area contributed by atoms with Crippen molar-refractivity contribution in [1.82, 2.24) is 13.9 Å². The molecule has 0 aliphatic carbocycles. The van der Waals surface area contributed by atoms with Gasteiger partial charge in [0.05, 0.1) is 6.61 Å². The van der Waals surface area contributed by atoms with Gasteiger partial charge in [-0.15, -0.1) is 0 Å². The number of ether oxygens (including phenoxy) is 1. The maximum Gasteiger partial charge on any atom is 0.246 e. The average Bonchev–Trinajstić information content (AvgIpc) is 3.28. The zero-order chi connectivity index (χ0) is 19.9. The van der Waals surface area contributed by atoms with E-state index in [-0.39, 0.29) is 19.0 Å². The second kappa shape index (κ2) is 7.64. The molecule has 0 radical (unpaired) electrons. The summed E-state index contributed by atoms with van der Waals surface area (Å²) in [5.74, 6) is -0.232. The predicted octanol–water partition coefficient (Wildman–Crippen LogP) is 2.64. The topological polar surface area (TPSA) is 64.4 Å². The van der Waals surface area contributed by atoms with Gasteiger partial charge in [-0.05, 0) is 18.1 Å². The van der Waals surface area contributed by atoms with E-state index in [2.05, 4.69) is 4.98 Å². The number of rotatable bonds is 5. The number of nitrogens with zero attached hydrogens (tertiary/aromatic N) is 3. The summed E-state index contributed by atoms with van der Waals surface area (Å²) in [4.78, 5) is 3.80. The van der Waals surface area contributed by atoms with Crippen LogP contribution >= 0.6 is 11.8 Å². The third kappa shape index (κ3) is 3.65. The first-order valence-corrected chi connectivity index (χ1v) is 11.5. The van der Waals surface area contributed by atoms with Gasteiger partial charge in [-0.3, -0.25) is 0 Å². The highest BCUT2D eigenvalue weighted by Crippen LogP contribution is 2.34. The fraction of sp³-hybridized carbons (Fsp3) is 0.500. The first-order valence-electron chi connectivity index (χ1n) is 9.06. The molecule has 10 heteroatoms. The zero-order valence-corrected chi connectivity index (χ0v) is 17.0. The van der Waals surface area contributed by atoms with Crippen molar-refractivity contribution < 1.29 is 21.9 Å². The Kier molecular flexibility index (Phi) is 5.36. The molecule has 1 aromatic carbocycles. The zero-order valence-electron chi connectivity index (χ0n) is 15.3. The molecule has 0 unspecified atom stereocenters. The van der Waals surface area contributed by atoms with E-state index in [9.17, 15) is 17.2 Å². The molecule has 1 fully saturated rings. The first-order chi connectivity index (χ1) is 13.4. The number of sulfonamides is 1. The summed E-state index contributed by atoms with van der Waals surface area (Å²) in [7, 11) is -2.23. The van der Waals surface area contributed by atoms with E-state index < -0.39 is 26.9 Å². The molecule has 28 heavy (non-hydrogen) atoms. The molecule has 4 rings (SSSR count). The molecule has 2 atom stereocenters. The van der Waals surface area contributed by atoms with Crippen LogP contribution in [-0.2, 0) is 23.5 Å². The van der Waals surface area contributed by atoms with Crippen LogP contribution in [0.1, 0.15) is 12.0 Å². The highest BCUT2D eigenvalue weighted by Gasteiger charge is 2.37. The Morgan fingerprint density at radius 2 is 2.21 bits per heavy atom. The summed E-state index contributed by atoms with van der Waals surface area (Å²) in [5, 5.41) is 0.796. The molecule has 6 nitrogen and oxygen atoms in total. The standard InChI is InChI=1S/C18H21F2N3O3S2/c1-22-6-4-21-18(22)27-11-13-2-5-23(10-15(13)20)28(24,25)17-8-12-3-7-26-16(12)9-14(17)19/h4,6,8-9,13,15H,2-3,5,7,10-11H2,1H3/t13-,15+/m1/s1. The van der Waals surface area contributed by atoms with Crippen molar-refractivity contribution in [3.8, 4) is 5.75 Å². The highest BCUT2D eigenvalue weighted by atomic mass is 32.2. The van der Waals surface area contributed by atoms with E-state index in [0.717, 1.165) is 15.5 Å². The van der Waals surface area contributed by atoms with E-state index in [0.29, 0.717) is 36.5 Å². The van der Waals surface area contributed by atoms with Crippen LogP contribution in [0.15, 0.2) is 34.6 Å². The summed E-state index contributed by atoms with van der Waals surface area (Å²) in [6, 6.07) is 2.43. The molecule has 2 aliphatic heterocycles. The van der Waals surface area contributed by atoms with Crippen LogP contribution in [0.25, 0.3) is 0 Å². The Morgan fingerprint density at radius 1 is 1.39 bits per heavy atom. The number of aryl methyl sites for hydroxylation is 1. The second-order valence-electron chi connectivity index (χ2n) is 7.05. The number of fused-ring (bicyclic) bond motifs is 1. The molecule has 0 saturated carbocycles. The third-order valence-corrected chi connectivity index (χ3v) is 8.33. The van der Waals surface area contributed by atoms with Crippen molar-refractivity contribution in [1.29, 1.82) is 0 Å². The Labute approximate surface area is 166 Å². The molecule has 0 amide bonds. The maximum absolute atomic E-state index is 14.7. The minimum absolute atomic E-state index is 0.168. The number of hydrogen-bond acceptors (Lipinski definition) is 5. The Hall–Kier alpha value is -1.65. The number of imidazole rings is 1. The quantitative estimate of drug-likeness (QED) is 0.684. The summed E-state index contributed by atoms with van der Waals surface area (Å²) in [6.45, 7) is 0.312. The average molecular weight is 430 g/mol. The van der Waals surface area contributed by atoms with Crippen molar-refractivity contribution in [2.45, 2.75) is 29.1 Å². The van der Waals surface area contributed by atoms with Gasteiger partial charge in [-0.25, -0.2) is 22.2 Å². The summed E-state index contributed by atoms with van der Waals surface area (Å²) >= 11 is 1.46. The molecule has 1 aromatic heterocycles. The third-order valence-electron chi connectivity index (χ3n) is 5.20. The summed E-state index contributed by atoms with van der Waals surface area (Å²) in [5.41, 5.74) is 0.665. The van der Waals surface area contributed by atoms with E-state index in [4.69, 9.17) is 4.74 Å². The monoisotopic (exact) mass is 429 g/mol. The van der Waals surface area contributed by atoms with E-state index >= 15 is 0 Å². The first kappa shape index (κ1) is 19.7. The molecule has 2 aliphatic rings. The SMILES string of the molecule is Cn1ccnc1SC[C@H]1CCN(S(=O)(=O)c2cc3c(cc2F)OCC3)C[C@@H]1F. The Bertz CT molecular complexity index is 980. The lowest BCUT2D eigenvalue weighted by molar-refractivity contribution is 0.146. The molecule has 0 bridgehead atoms. The normalized spacial score (nSPS) is 22.8. The lowest BCUT2D eigenvalue weighted by atomic mass is 9.98. The molecular weight excluding hydrogens is 408 g/mol. The van der Waals surface area contributed by atoms with Crippen molar-refractivity contribution >= 4 is 21.8 Å². The van der Waals surface area contributed by atoms with Gasteiger partial charge in [-0.1, -0.05) is 11.8 Å². The van der Waals surface area contributed by atoms with Gasteiger partial charge in [0.1, 0.15) is 22.6 Å². The number of thioether (sulfide) groups is 1. The van der Waals surface area contributed by atoms with Crippen LogP contribution in [0.2, 0.25) is 0 Å². The van der Waals surface area contributed by atoms with Gasteiger partial charge < -0.3 is 9.30 Å². The van der Waals surface area contributed by atoms with Gasteiger partial charge in [0.2, 0.25) is 10.0 Å². The smallest absolute Gasteiger partial charge is 0.246 e. The lowest BCUT2D eigenvalue weighted by Crippen LogP contribution is -2.45. The predicted molar refractivity (Wildman–Crippen MR) is 101 cm³/mol. The van der Waals surface area contributed by atoms with E-state index in [1.165, 1.54) is 17.8 Å². The van der Waals surface area contributed by atoms with Gasteiger partial charge in [-0.2, -0.15) is 4.31 Å². The van der Waals surface area contributed by atoms with Crippen LogP contribution in [0, 0.1) is 11.7 Å². The number of piperidine rings is 1. The molecular formula is C18H21F2N3O3S2. The minimum atomic E-state index is -4.10. The van der Waals surface area contributed by atoms with Gasteiger partial charge in [0, 0.05) is 56.7 Å². The number of alkyl halides is 1. The van der Waals surface area contributed by atoms with Crippen LogP contribution < -0.4 is 4.74 Å². The largest absolute Gasteiger partial charge is 0.493 e.